The normalized spacial score (nSPS) is 17.5. The Hall–Kier alpha value is -2.09. The number of nitrogens with zero attached hydrogens (tertiary/aromatic N) is 1. The van der Waals surface area contributed by atoms with Crippen LogP contribution >= 0.6 is 11.8 Å². The average Bonchev–Trinajstić information content (AvgIpc) is 2.75. The molecule has 1 heterocycles. The standard InChI is InChI=1S/C14H16FN3O3S/c1-22-7-6-11-13(20)18(14(21)17-11)8-12(19)16-10-4-2-9(15)3-5-10/h2-5,11H,6-8H2,1H3,(H,16,19)(H,17,21)/t11-/m1/s1. The van der Waals surface area contributed by atoms with Gasteiger partial charge in [0.25, 0.3) is 5.91 Å². The van der Waals surface area contributed by atoms with Gasteiger partial charge in [0, 0.05) is 5.69 Å². The van der Waals surface area contributed by atoms with Crippen molar-refractivity contribution in [3.63, 3.8) is 0 Å². The van der Waals surface area contributed by atoms with Gasteiger partial charge < -0.3 is 10.6 Å². The second-order valence-electron chi connectivity index (χ2n) is 4.76. The van der Waals surface area contributed by atoms with Gasteiger partial charge in [-0.15, -0.1) is 0 Å². The predicted molar refractivity (Wildman–Crippen MR) is 82.1 cm³/mol. The number of halogens is 1. The second-order valence-corrected chi connectivity index (χ2v) is 5.75. The molecule has 8 heteroatoms. The molecule has 1 saturated heterocycles. The van der Waals surface area contributed by atoms with E-state index in [1.807, 2.05) is 6.26 Å². The summed E-state index contributed by atoms with van der Waals surface area (Å²) in [6.07, 6.45) is 2.44. The van der Waals surface area contributed by atoms with Crippen molar-refractivity contribution in [1.82, 2.24) is 10.2 Å². The zero-order valence-corrected chi connectivity index (χ0v) is 12.8. The molecule has 1 atom stereocenters. The fraction of sp³-hybridized carbons (Fsp3) is 0.357. The highest BCUT2D eigenvalue weighted by Crippen LogP contribution is 2.13. The number of anilines is 1. The van der Waals surface area contributed by atoms with Gasteiger partial charge in [-0.3, -0.25) is 14.5 Å². The SMILES string of the molecule is CSCC[C@H]1NC(=O)N(CC(=O)Nc2ccc(F)cc2)C1=O. The second kappa shape index (κ2) is 7.26. The van der Waals surface area contributed by atoms with E-state index >= 15 is 0 Å². The monoisotopic (exact) mass is 325 g/mol. The number of hydrogen-bond acceptors (Lipinski definition) is 4. The fourth-order valence-electron chi connectivity index (χ4n) is 2.04. The number of urea groups is 1. The summed E-state index contributed by atoms with van der Waals surface area (Å²) >= 11 is 1.58. The predicted octanol–water partition coefficient (Wildman–Crippen LogP) is 1.44. The van der Waals surface area contributed by atoms with Gasteiger partial charge >= 0.3 is 6.03 Å². The summed E-state index contributed by atoms with van der Waals surface area (Å²) in [7, 11) is 0. The lowest BCUT2D eigenvalue weighted by molar-refractivity contribution is -0.130. The molecule has 1 aromatic carbocycles. The molecule has 2 N–H and O–H groups in total. The number of amides is 4. The number of benzene rings is 1. The van der Waals surface area contributed by atoms with Crippen LogP contribution in [0.4, 0.5) is 14.9 Å². The van der Waals surface area contributed by atoms with Crippen molar-refractivity contribution in [1.29, 1.82) is 0 Å². The van der Waals surface area contributed by atoms with E-state index in [1.54, 1.807) is 11.8 Å². The summed E-state index contributed by atoms with van der Waals surface area (Å²) in [4.78, 5) is 36.6. The van der Waals surface area contributed by atoms with Crippen molar-refractivity contribution in [2.75, 3.05) is 23.9 Å². The summed E-state index contributed by atoms with van der Waals surface area (Å²) < 4.78 is 12.8. The quantitative estimate of drug-likeness (QED) is 0.776. The van der Waals surface area contributed by atoms with Crippen LogP contribution in [0.1, 0.15) is 6.42 Å². The van der Waals surface area contributed by atoms with E-state index in [0.29, 0.717) is 12.1 Å². The van der Waals surface area contributed by atoms with Gasteiger partial charge in [0.05, 0.1) is 0 Å². The molecule has 1 aliphatic heterocycles. The maximum atomic E-state index is 12.8. The van der Waals surface area contributed by atoms with Crippen molar-refractivity contribution in [3.05, 3.63) is 30.1 Å². The van der Waals surface area contributed by atoms with Gasteiger partial charge in [0.1, 0.15) is 18.4 Å². The van der Waals surface area contributed by atoms with Crippen molar-refractivity contribution in [2.24, 2.45) is 0 Å². The van der Waals surface area contributed by atoms with Crippen LogP contribution in [0.25, 0.3) is 0 Å². The number of nitrogens with one attached hydrogen (secondary N) is 2. The van der Waals surface area contributed by atoms with E-state index in [9.17, 15) is 18.8 Å². The molecule has 0 radical (unpaired) electrons. The molecule has 22 heavy (non-hydrogen) atoms. The smallest absolute Gasteiger partial charge is 0.325 e. The molecule has 6 nitrogen and oxygen atoms in total. The van der Waals surface area contributed by atoms with Crippen molar-refractivity contribution in [2.45, 2.75) is 12.5 Å². The van der Waals surface area contributed by atoms with E-state index in [1.165, 1.54) is 24.3 Å². The van der Waals surface area contributed by atoms with Gasteiger partial charge in [-0.2, -0.15) is 11.8 Å². The minimum Gasteiger partial charge on any atom is -0.326 e. The molecule has 0 aliphatic carbocycles. The molecule has 0 aromatic heterocycles. The first-order valence-corrected chi connectivity index (χ1v) is 8.07. The maximum absolute atomic E-state index is 12.8. The van der Waals surface area contributed by atoms with E-state index in [0.717, 1.165) is 10.7 Å². The van der Waals surface area contributed by atoms with Crippen LogP contribution < -0.4 is 10.6 Å². The van der Waals surface area contributed by atoms with Crippen LogP contribution in [-0.2, 0) is 9.59 Å². The molecule has 0 unspecified atom stereocenters. The Bertz CT molecular complexity index is 579. The first-order valence-electron chi connectivity index (χ1n) is 6.67. The minimum absolute atomic E-state index is 0.363. The minimum atomic E-state index is -0.571. The first-order chi connectivity index (χ1) is 10.5. The Morgan fingerprint density at radius 2 is 2.05 bits per heavy atom. The lowest BCUT2D eigenvalue weighted by Gasteiger charge is -2.13. The molecular formula is C14H16FN3O3S. The number of hydrogen-bond donors (Lipinski definition) is 2. The Labute approximate surface area is 131 Å². The number of thioether (sulfide) groups is 1. The molecule has 1 fully saturated rings. The molecule has 4 amide bonds. The molecule has 0 spiro atoms. The largest absolute Gasteiger partial charge is 0.326 e. The van der Waals surface area contributed by atoms with Crippen LogP contribution in [-0.4, -0.2) is 47.3 Å². The Balaban J connectivity index is 1.92. The van der Waals surface area contributed by atoms with Crippen LogP contribution in [0.5, 0.6) is 0 Å². The number of rotatable bonds is 6. The highest BCUT2D eigenvalue weighted by molar-refractivity contribution is 7.98. The lowest BCUT2D eigenvalue weighted by atomic mass is 10.2. The summed E-state index contributed by atoms with van der Waals surface area (Å²) in [5.41, 5.74) is 0.400. The van der Waals surface area contributed by atoms with Crippen molar-refractivity contribution >= 4 is 35.3 Å². The van der Waals surface area contributed by atoms with E-state index < -0.39 is 29.7 Å². The molecule has 0 bridgehead atoms. The third-order valence-electron chi connectivity index (χ3n) is 3.15. The Morgan fingerprint density at radius 1 is 1.36 bits per heavy atom. The lowest BCUT2D eigenvalue weighted by Crippen LogP contribution is -2.38. The van der Waals surface area contributed by atoms with E-state index in [2.05, 4.69) is 10.6 Å². The third kappa shape index (κ3) is 3.97. The number of imide groups is 1. The summed E-state index contributed by atoms with van der Waals surface area (Å²) in [6.45, 7) is -0.363. The third-order valence-corrected chi connectivity index (χ3v) is 3.79. The first kappa shape index (κ1) is 16.3. The maximum Gasteiger partial charge on any atom is 0.325 e. The fourth-order valence-corrected chi connectivity index (χ4v) is 2.51. The highest BCUT2D eigenvalue weighted by Gasteiger charge is 2.38. The van der Waals surface area contributed by atoms with Gasteiger partial charge in [-0.1, -0.05) is 0 Å². The number of carbonyl (C=O) groups excluding carboxylic acids is 3. The van der Waals surface area contributed by atoms with Gasteiger partial charge in [0.15, 0.2) is 0 Å². The van der Waals surface area contributed by atoms with E-state index in [-0.39, 0.29) is 6.54 Å². The van der Waals surface area contributed by atoms with E-state index in [4.69, 9.17) is 0 Å². The molecule has 1 aromatic rings. The summed E-state index contributed by atoms with van der Waals surface area (Å²) in [6, 6.07) is 4.09. The van der Waals surface area contributed by atoms with Gasteiger partial charge in [0.2, 0.25) is 5.91 Å². The van der Waals surface area contributed by atoms with Crippen LogP contribution in [0.15, 0.2) is 24.3 Å². The van der Waals surface area contributed by atoms with Gasteiger partial charge in [-0.25, -0.2) is 9.18 Å². The molecule has 2 rings (SSSR count). The van der Waals surface area contributed by atoms with Crippen LogP contribution in [0.2, 0.25) is 0 Å². The zero-order valence-electron chi connectivity index (χ0n) is 12.0. The van der Waals surface area contributed by atoms with Crippen LogP contribution in [0.3, 0.4) is 0 Å². The Kier molecular flexibility index (Phi) is 5.37. The topological polar surface area (TPSA) is 78.5 Å². The summed E-state index contributed by atoms with van der Waals surface area (Å²) in [5.74, 6) is -0.579. The molecular weight excluding hydrogens is 309 g/mol. The average molecular weight is 325 g/mol. The highest BCUT2D eigenvalue weighted by atomic mass is 32.2. The number of carbonyl (C=O) groups is 3. The summed E-state index contributed by atoms with van der Waals surface area (Å²) in [5, 5.41) is 5.07. The zero-order chi connectivity index (χ0) is 16.1. The van der Waals surface area contributed by atoms with Gasteiger partial charge in [-0.05, 0) is 42.7 Å². The molecule has 0 saturated carbocycles. The van der Waals surface area contributed by atoms with Crippen molar-refractivity contribution in [3.8, 4) is 0 Å². The Morgan fingerprint density at radius 3 is 2.68 bits per heavy atom. The van der Waals surface area contributed by atoms with Crippen molar-refractivity contribution < 1.29 is 18.8 Å². The molecule has 118 valence electrons. The molecule has 1 aliphatic rings. The van der Waals surface area contributed by atoms with Crippen LogP contribution in [0, 0.1) is 5.82 Å².